The quantitative estimate of drug-likeness (QED) is 0.779. The number of aromatic nitrogens is 1. The summed E-state index contributed by atoms with van der Waals surface area (Å²) in [6, 6.07) is 0. The van der Waals surface area contributed by atoms with Crippen molar-refractivity contribution in [2.24, 2.45) is 5.73 Å². The van der Waals surface area contributed by atoms with Gasteiger partial charge < -0.3 is 11.5 Å². The number of halogens is 5. The number of nitrogen functional groups attached to an aromatic ring is 1. The van der Waals surface area contributed by atoms with Crippen molar-refractivity contribution in [3.63, 3.8) is 0 Å². The van der Waals surface area contributed by atoms with Crippen LogP contribution in [0.5, 0.6) is 0 Å². The van der Waals surface area contributed by atoms with Crippen LogP contribution >= 0.6 is 0 Å². The second-order valence-electron chi connectivity index (χ2n) is 2.95. The van der Waals surface area contributed by atoms with Crippen molar-refractivity contribution in [3.8, 4) is 0 Å². The Morgan fingerprint density at radius 2 is 1.88 bits per heavy atom. The predicted molar refractivity (Wildman–Crippen MR) is 46.5 cm³/mol. The van der Waals surface area contributed by atoms with Gasteiger partial charge in [0.15, 0.2) is 0 Å². The SMILES string of the molecule is NCc1c(C(F)F)ncc(C(F)(F)F)c1N. The van der Waals surface area contributed by atoms with Gasteiger partial charge in [0.05, 0.1) is 11.3 Å². The minimum absolute atomic E-state index is 0.288. The number of nitrogens with two attached hydrogens (primary N) is 2. The lowest BCUT2D eigenvalue weighted by Gasteiger charge is -2.15. The first-order valence-electron chi connectivity index (χ1n) is 4.11. The summed E-state index contributed by atoms with van der Waals surface area (Å²) >= 11 is 0. The zero-order valence-corrected chi connectivity index (χ0v) is 7.85. The summed E-state index contributed by atoms with van der Waals surface area (Å²) in [5, 5.41) is 0. The second-order valence-corrected chi connectivity index (χ2v) is 2.95. The third kappa shape index (κ3) is 2.21. The van der Waals surface area contributed by atoms with Crippen molar-refractivity contribution in [2.45, 2.75) is 19.1 Å². The van der Waals surface area contributed by atoms with Crippen LogP contribution in [0.1, 0.15) is 23.2 Å². The van der Waals surface area contributed by atoms with Crippen LogP contribution in [0.25, 0.3) is 0 Å². The number of hydrogen-bond acceptors (Lipinski definition) is 3. The molecule has 0 amide bonds. The monoisotopic (exact) mass is 241 g/mol. The Balaban J connectivity index is 3.41. The smallest absolute Gasteiger partial charge is 0.398 e. The van der Waals surface area contributed by atoms with Crippen LogP contribution in [0.4, 0.5) is 27.6 Å². The van der Waals surface area contributed by atoms with Gasteiger partial charge in [-0.05, 0) is 0 Å². The summed E-state index contributed by atoms with van der Waals surface area (Å²) in [7, 11) is 0. The molecule has 1 rings (SSSR count). The van der Waals surface area contributed by atoms with E-state index in [1.54, 1.807) is 0 Å². The molecule has 0 atom stereocenters. The number of anilines is 1. The molecule has 16 heavy (non-hydrogen) atoms. The highest BCUT2D eigenvalue weighted by Gasteiger charge is 2.35. The van der Waals surface area contributed by atoms with E-state index in [-0.39, 0.29) is 6.20 Å². The maximum Gasteiger partial charge on any atom is 0.419 e. The van der Waals surface area contributed by atoms with E-state index >= 15 is 0 Å². The van der Waals surface area contributed by atoms with Crippen LogP contribution in [-0.4, -0.2) is 4.98 Å². The van der Waals surface area contributed by atoms with Crippen LogP contribution in [0.15, 0.2) is 6.20 Å². The molecule has 0 aliphatic rings. The van der Waals surface area contributed by atoms with E-state index in [4.69, 9.17) is 11.5 Å². The fourth-order valence-corrected chi connectivity index (χ4v) is 1.21. The Kier molecular flexibility index (Phi) is 3.32. The molecule has 0 aliphatic heterocycles. The molecule has 3 nitrogen and oxygen atoms in total. The van der Waals surface area contributed by atoms with Gasteiger partial charge in [0, 0.05) is 18.3 Å². The molecule has 1 aromatic heterocycles. The van der Waals surface area contributed by atoms with E-state index in [1.165, 1.54) is 0 Å². The number of rotatable bonds is 2. The van der Waals surface area contributed by atoms with E-state index in [0.717, 1.165) is 0 Å². The molecule has 0 saturated heterocycles. The molecular formula is C8H8F5N3. The fourth-order valence-electron chi connectivity index (χ4n) is 1.21. The van der Waals surface area contributed by atoms with Gasteiger partial charge in [-0.15, -0.1) is 0 Å². The van der Waals surface area contributed by atoms with Crippen LogP contribution in [0, 0.1) is 0 Å². The molecule has 90 valence electrons. The topological polar surface area (TPSA) is 64.9 Å². The number of hydrogen-bond donors (Lipinski definition) is 2. The van der Waals surface area contributed by atoms with E-state index in [9.17, 15) is 22.0 Å². The highest BCUT2D eigenvalue weighted by atomic mass is 19.4. The minimum Gasteiger partial charge on any atom is -0.398 e. The second kappa shape index (κ2) is 4.20. The van der Waals surface area contributed by atoms with Crippen LogP contribution in [-0.2, 0) is 12.7 Å². The fraction of sp³-hybridized carbons (Fsp3) is 0.375. The van der Waals surface area contributed by atoms with E-state index in [2.05, 4.69) is 4.98 Å². The largest absolute Gasteiger partial charge is 0.419 e. The number of nitrogens with zero attached hydrogens (tertiary/aromatic N) is 1. The molecule has 0 radical (unpaired) electrons. The Bertz CT molecular complexity index is 388. The summed E-state index contributed by atoms with van der Waals surface area (Å²) < 4.78 is 61.8. The zero-order chi connectivity index (χ0) is 12.5. The molecule has 0 saturated carbocycles. The van der Waals surface area contributed by atoms with Crippen LogP contribution in [0.2, 0.25) is 0 Å². The van der Waals surface area contributed by atoms with Crippen molar-refractivity contribution in [1.82, 2.24) is 4.98 Å². The highest BCUT2D eigenvalue weighted by Crippen LogP contribution is 2.36. The Hall–Kier alpha value is -1.44. The van der Waals surface area contributed by atoms with Gasteiger partial charge in [0.2, 0.25) is 0 Å². The highest BCUT2D eigenvalue weighted by molar-refractivity contribution is 5.56. The van der Waals surface area contributed by atoms with E-state index in [1.807, 2.05) is 0 Å². The average Bonchev–Trinajstić information content (AvgIpc) is 2.14. The van der Waals surface area contributed by atoms with E-state index < -0.39 is 41.7 Å². The third-order valence-electron chi connectivity index (χ3n) is 1.97. The summed E-state index contributed by atoms with van der Waals surface area (Å²) in [6.45, 7) is -0.525. The van der Waals surface area contributed by atoms with Gasteiger partial charge in [-0.25, -0.2) is 8.78 Å². The van der Waals surface area contributed by atoms with E-state index in [0.29, 0.717) is 0 Å². The number of pyridine rings is 1. The standard InChI is InChI=1S/C8H8F5N3/c9-7(10)6-3(1-14)5(15)4(2-16-6)8(11,12)13/h2,7H,1,14H2,(H2,15,16). The molecule has 0 aliphatic carbocycles. The molecule has 8 heteroatoms. The molecular weight excluding hydrogens is 233 g/mol. The lowest BCUT2D eigenvalue weighted by Crippen LogP contribution is -2.16. The van der Waals surface area contributed by atoms with Gasteiger partial charge in [0.1, 0.15) is 5.69 Å². The van der Waals surface area contributed by atoms with Crippen molar-refractivity contribution >= 4 is 5.69 Å². The third-order valence-corrected chi connectivity index (χ3v) is 1.97. The molecule has 0 spiro atoms. The average molecular weight is 241 g/mol. The van der Waals surface area contributed by atoms with Gasteiger partial charge in [-0.1, -0.05) is 0 Å². The van der Waals surface area contributed by atoms with Crippen LogP contribution in [0.3, 0.4) is 0 Å². The van der Waals surface area contributed by atoms with Crippen molar-refractivity contribution in [2.75, 3.05) is 5.73 Å². The zero-order valence-electron chi connectivity index (χ0n) is 7.85. The normalized spacial score (nSPS) is 12.2. The summed E-state index contributed by atoms with van der Waals surface area (Å²) in [4.78, 5) is 3.05. The first-order valence-corrected chi connectivity index (χ1v) is 4.11. The Labute approximate surface area is 87.3 Å². The lowest BCUT2D eigenvalue weighted by molar-refractivity contribution is -0.137. The van der Waals surface area contributed by atoms with Gasteiger partial charge >= 0.3 is 6.18 Å². The molecule has 1 heterocycles. The Morgan fingerprint density at radius 1 is 1.31 bits per heavy atom. The predicted octanol–water partition coefficient (Wildman–Crippen LogP) is 2.08. The summed E-state index contributed by atoms with van der Waals surface area (Å²) in [6.07, 6.45) is -7.46. The molecule has 0 bridgehead atoms. The van der Waals surface area contributed by atoms with Crippen LogP contribution < -0.4 is 11.5 Å². The molecule has 0 unspecified atom stereocenters. The minimum atomic E-state index is -4.73. The molecule has 4 N–H and O–H groups in total. The molecule has 1 aromatic rings. The molecule has 0 fully saturated rings. The van der Waals surface area contributed by atoms with Gasteiger partial charge in [-0.2, -0.15) is 13.2 Å². The van der Waals surface area contributed by atoms with Crippen molar-refractivity contribution in [3.05, 3.63) is 23.0 Å². The number of alkyl halides is 5. The summed E-state index contributed by atoms with van der Waals surface area (Å²) in [5.41, 5.74) is 6.90. The summed E-state index contributed by atoms with van der Waals surface area (Å²) in [5.74, 6) is 0. The molecule has 0 aromatic carbocycles. The maximum atomic E-state index is 12.4. The first kappa shape index (κ1) is 12.6. The first-order chi connectivity index (χ1) is 7.29. The van der Waals surface area contributed by atoms with Gasteiger partial charge in [-0.3, -0.25) is 4.98 Å². The Morgan fingerprint density at radius 3 is 2.25 bits per heavy atom. The maximum absolute atomic E-state index is 12.4. The van der Waals surface area contributed by atoms with Crippen molar-refractivity contribution in [1.29, 1.82) is 0 Å². The van der Waals surface area contributed by atoms with Crippen molar-refractivity contribution < 1.29 is 22.0 Å². The lowest BCUT2D eigenvalue weighted by atomic mass is 10.1. The van der Waals surface area contributed by atoms with Gasteiger partial charge in [0.25, 0.3) is 6.43 Å².